The van der Waals surface area contributed by atoms with Crippen LogP contribution in [-0.4, -0.2) is 23.8 Å². The van der Waals surface area contributed by atoms with Crippen molar-refractivity contribution < 1.29 is 5.11 Å². The fourth-order valence-electron chi connectivity index (χ4n) is 2.87. The van der Waals surface area contributed by atoms with Crippen molar-refractivity contribution in [2.24, 2.45) is 11.8 Å². The number of aliphatic hydroxyl groups excluding tert-OH is 1. The van der Waals surface area contributed by atoms with Gasteiger partial charge in [0.25, 0.3) is 0 Å². The third-order valence-electron chi connectivity index (χ3n) is 3.51. The average molecular weight is 169 g/mol. The molecule has 2 aliphatic carbocycles. The highest BCUT2D eigenvalue weighted by molar-refractivity contribution is 4.94. The SMILES string of the molecule is C[C@H](CO)NC1CC2CCC1C2. The molecule has 0 aromatic carbocycles. The molecule has 2 saturated carbocycles. The van der Waals surface area contributed by atoms with Gasteiger partial charge in [-0.3, -0.25) is 0 Å². The van der Waals surface area contributed by atoms with Gasteiger partial charge in [0.1, 0.15) is 0 Å². The van der Waals surface area contributed by atoms with Crippen LogP contribution in [0.3, 0.4) is 0 Å². The Balaban J connectivity index is 1.82. The zero-order chi connectivity index (χ0) is 8.55. The Bertz CT molecular complexity index is 160. The Morgan fingerprint density at radius 2 is 2.25 bits per heavy atom. The van der Waals surface area contributed by atoms with Gasteiger partial charge in [-0.15, -0.1) is 0 Å². The number of rotatable bonds is 3. The molecule has 4 atom stereocenters. The van der Waals surface area contributed by atoms with Crippen LogP contribution in [0.25, 0.3) is 0 Å². The Labute approximate surface area is 74.4 Å². The number of nitrogens with one attached hydrogen (secondary N) is 1. The Morgan fingerprint density at radius 3 is 2.75 bits per heavy atom. The van der Waals surface area contributed by atoms with Crippen molar-refractivity contribution in [1.82, 2.24) is 5.32 Å². The topological polar surface area (TPSA) is 32.3 Å². The summed E-state index contributed by atoms with van der Waals surface area (Å²) in [6, 6.07) is 1.00. The molecule has 0 amide bonds. The van der Waals surface area contributed by atoms with Crippen molar-refractivity contribution in [3.63, 3.8) is 0 Å². The van der Waals surface area contributed by atoms with Crippen LogP contribution in [0.1, 0.15) is 32.6 Å². The van der Waals surface area contributed by atoms with Crippen LogP contribution in [0.2, 0.25) is 0 Å². The van der Waals surface area contributed by atoms with E-state index in [4.69, 9.17) is 5.11 Å². The van der Waals surface area contributed by atoms with E-state index < -0.39 is 0 Å². The molecule has 0 saturated heterocycles. The van der Waals surface area contributed by atoms with Gasteiger partial charge in [0.05, 0.1) is 6.61 Å². The molecule has 3 unspecified atom stereocenters. The van der Waals surface area contributed by atoms with E-state index in [0.717, 1.165) is 11.8 Å². The summed E-state index contributed by atoms with van der Waals surface area (Å²) >= 11 is 0. The molecule has 2 nitrogen and oxygen atoms in total. The molecule has 2 rings (SSSR count). The summed E-state index contributed by atoms with van der Waals surface area (Å²) in [6.45, 7) is 2.33. The molecule has 0 aromatic heterocycles. The summed E-state index contributed by atoms with van der Waals surface area (Å²) < 4.78 is 0. The van der Waals surface area contributed by atoms with Crippen LogP contribution in [0.5, 0.6) is 0 Å². The molecular formula is C10H19NO. The number of hydrogen-bond acceptors (Lipinski definition) is 2. The minimum absolute atomic E-state index is 0.272. The van der Waals surface area contributed by atoms with Crippen LogP contribution < -0.4 is 5.32 Å². The van der Waals surface area contributed by atoms with Crippen LogP contribution in [0.4, 0.5) is 0 Å². The first-order valence-corrected chi connectivity index (χ1v) is 5.16. The lowest BCUT2D eigenvalue weighted by Crippen LogP contribution is -2.41. The third kappa shape index (κ3) is 1.50. The van der Waals surface area contributed by atoms with E-state index in [1.807, 2.05) is 0 Å². The van der Waals surface area contributed by atoms with Crippen LogP contribution in [-0.2, 0) is 0 Å². The van der Waals surface area contributed by atoms with Crippen molar-refractivity contribution in [2.75, 3.05) is 6.61 Å². The molecule has 2 heteroatoms. The van der Waals surface area contributed by atoms with Crippen molar-refractivity contribution in [2.45, 2.75) is 44.7 Å². The third-order valence-corrected chi connectivity index (χ3v) is 3.51. The molecule has 0 radical (unpaired) electrons. The van der Waals surface area contributed by atoms with E-state index in [1.54, 1.807) is 0 Å². The number of hydrogen-bond donors (Lipinski definition) is 2. The molecule has 2 fully saturated rings. The maximum Gasteiger partial charge on any atom is 0.0582 e. The zero-order valence-electron chi connectivity index (χ0n) is 7.79. The fraction of sp³-hybridized carbons (Fsp3) is 1.00. The molecule has 2 bridgehead atoms. The van der Waals surface area contributed by atoms with Gasteiger partial charge in [-0.05, 0) is 38.0 Å². The minimum Gasteiger partial charge on any atom is -0.395 e. The van der Waals surface area contributed by atoms with Gasteiger partial charge in [-0.1, -0.05) is 6.42 Å². The monoisotopic (exact) mass is 169 g/mol. The highest BCUT2D eigenvalue weighted by atomic mass is 16.3. The molecule has 0 heterocycles. The summed E-state index contributed by atoms with van der Waals surface area (Å²) in [6.07, 6.45) is 5.67. The highest BCUT2D eigenvalue weighted by Gasteiger charge is 2.39. The number of fused-ring (bicyclic) bond motifs is 2. The molecule has 0 spiro atoms. The van der Waals surface area contributed by atoms with Gasteiger partial charge in [-0.2, -0.15) is 0 Å². The first-order chi connectivity index (χ1) is 5.79. The first-order valence-electron chi connectivity index (χ1n) is 5.16. The fourth-order valence-corrected chi connectivity index (χ4v) is 2.87. The normalized spacial score (nSPS) is 42.0. The summed E-state index contributed by atoms with van der Waals surface area (Å²) in [5, 5.41) is 12.4. The predicted molar refractivity (Wildman–Crippen MR) is 48.9 cm³/mol. The molecule has 2 aliphatic rings. The molecule has 0 aromatic rings. The Hall–Kier alpha value is -0.0800. The van der Waals surface area contributed by atoms with E-state index in [1.165, 1.54) is 25.7 Å². The van der Waals surface area contributed by atoms with Crippen molar-refractivity contribution in [3.8, 4) is 0 Å². The van der Waals surface area contributed by atoms with Gasteiger partial charge < -0.3 is 10.4 Å². The van der Waals surface area contributed by atoms with Crippen molar-refractivity contribution in [3.05, 3.63) is 0 Å². The van der Waals surface area contributed by atoms with Gasteiger partial charge in [0.15, 0.2) is 0 Å². The Kier molecular flexibility index (Phi) is 2.37. The molecule has 2 N–H and O–H groups in total. The first kappa shape index (κ1) is 8.52. The maximum atomic E-state index is 8.90. The van der Waals surface area contributed by atoms with E-state index >= 15 is 0 Å². The van der Waals surface area contributed by atoms with Crippen LogP contribution in [0, 0.1) is 11.8 Å². The molecule has 0 aliphatic heterocycles. The smallest absolute Gasteiger partial charge is 0.0582 e. The standard InChI is InChI=1S/C10H19NO/c1-7(6-12)11-10-5-8-2-3-9(10)4-8/h7-12H,2-6H2,1H3/t7-,8?,9?,10?/m1/s1. The lowest BCUT2D eigenvalue weighted by atomic mass is 9.95. The van der Waals surface area contributed by atoms with Crippen molar-refractivity contribution in [1.29, 1.82) is 0 Å². The predicted octanol–water partition coefficient (Wildman–Crippen LogP) is 1.15. The van der Waals surface area contributed by atoms with Gasteiger partial charge in [0, 0.05) is 12.1 Å². The summed E-state index contributed by atoms with van der Waals surface area (Å²) in [4.78, 5) is 0. The van der Waals surface area contributed by atoms with E-state index in [2.05, 4.69) is 12.2 Å². The van der Waals surface area contributed by atoms with Crippen molar-refractivity contribution >= 4 is 0 Å². The van der Waals surface area contributed by atoms with Crippen LogP contribution in [0.15, 0.2) is 0 Å². The lowest BCUT2D eigenvalue weighted by molar-refractivity contribution is 0.223. The zero-order valence-corrected chi connectivity index (χ0v) is 7.79. The maximum absolute atomic E-state index is 8.90. The second-order valence-corrected chi connectivity index (χ2v) is 4.53. The van der Waals surface area contributed by atoms with E-state index in [9.17, 15) is 0 Å². The van der Waals surface area contributed by atoms with Crippen LogP contribution >= 0.6 is 0 Å². The second-order valence-electron chi connectivity index (χ2n) is 4.53. The van der Waals surface area contributed by atoms with Gasteiger partial charge >= 0.3 is 0 Å². The quantitative estimate of drug-likeness (QED) is 0.664. The largest absolute Gasteiger partial charge is 0.395 e. The average Bonchev–Trinajstić information content (AvgIpc) is 2.64. The Morgan fingerprint density at radius 1 is 1.42 bits per heavy atom. The van der Waals surface area contributed by atoms with Gasteiger partial charge in [0.2, 0.25) is 0 Å². The highest BCUT2D eigenvalue weighted by Crippen LogP contribution is 2.44. The summed E-state index contributed by atoms with van der Waals surface area (Å²) in [5.74, 6) is 1.92. The number of aliphatic hydroxyl groups is 1. The molecule has 70 valence electrons. The summed E-state index contributed by atoms with van der Waals surface area (Å²) in [5.41, 5.74) is 0. The minimum atomic E-state index is 0.272. The van der Waals surface area contributed by atoms with Gasteiger partial charge in [-0.25, -0.2) is 0 Å². The summed E-state index contributed by atoms with van der Waals surface area (Å²) in [7, 11) is 0. The lowest BCUT2D eigenvalue weighted by Gasteiger charge is -2.25. The molecular weight excluding hydrogens is 150 g/mol. The molecule has 12 heavy (non-hydrogen) atoms. The second kappa shape index (κ2) is 3.35. The van der Waals surface area contributed by atoms with E-state index in [0.29, 0.717) is 6.04 Å². The van der Waals surface area contributed by atoms with E-state index in [-0.39, 0.29) is 12.6 Å².